The Morgan fingerprint density at radius 3 is 2.50 bits per heavy atom. The molecule has 1 aliphatic rings. The molecule has 0 radical (unpaired) electrons. The average Bonchev–Trinajstić information content (AvgIpc) is 2.52. The summed E-state index contributed by atoms with van der Waals surface area (Å²) < 4.78 is 14.1. The van der Waals surface area contributed by atoms with E-state index in [0.29, 0.717) is 11.4 Å². The lowest BCUT2D eigenvalue weighted by Crippen LogP contribution is -2.36. The van der Waals surface area contributed by atoms with E-state index >= 15 is 0 Å². The summed E-state index contributed by atoms with van der Waals surface area (Å²) in [6, 6.07) is 12.8. The molecule has 1 saturated heterocycles. The van der Waals surface area contributed by atoms with Crippen molar-refractivity contribution in [3.63, 3.8) is 0 Å². The molecule has 0 bridgehead atoms. The minimum absolute atomic E-state index is 0.307. The van der Waals surface area contributed by atoms with E-state index in [4.69, 9.17) is 0 Å². The lowest BCUT2D eigenvalue weighted by Gasteiger charge is -2.33. The number of anilines is 2. The molecule has 0 N–H and O–H groups in total. The van der Waals surface area contributed by atoms with Crippen molar-refractivity contribution in [3.05, 3.63) is 48.3 Å². The van der Waals surface area contributed by atoms with Crippen molar-refractivity contribution in [2.24, 2.45) is 0 Å². The molecule has 0 unspecified atom stereocenters. The standard InChI is InChI=1S/C19H19FN4/c1-23(2)19-15-12-13(24-10-5-11-24)8-9-17(15)21-18(22-19)14-6-3-4-7-16(14)20/h3-4,6-9,12H,5,10-11H2,1-2H3. The molecule has 3 aromatic rings. The second-order valence-electron chi connectivity index (χ2n) is 6.29. The van der Waals surface area contributed by atoms with Crippen molar-refractivity contribution in [3.8, 4) is 11.4 Å². The SMILES string of the molecule is CN(C)c1nc(-c2ccccc2F)nc2ccc(N3CCC3)cc12. The van der Waals surface area contributed by atoms with E-state index in [0.717, 1.165) is 29.8 Å². The van der Waals surface area contributed by atoms with E-state index in [1.165, 1.54) is 18.2 Å². The van der Waals surface area contributed by atoms with Gasteiger partial charge in [-0.05, 0) is 36.8 Å². The van der Waals surface area contributed by atoms with Gasteiger partial charge in [-0.25, -0.2) is 14.4 Å². The maximum Gasteiger partial charge on any atom is 0.165 e. The molecule has 2 aromatic carbocycles. The zero-order valence-corrected chi connectivity index (χ0v) is 13.8. The number of benzene rings is 2. The van der Waals surface area contributed by atoms with Gasteiger partial charge in [0.2, 0.25) is 0 Å². The van der Waals surface area contributed by atoms with Crippen molar-refractivity contribution in [1.82, 2.24) is 9.97 Å². The Labute approximate surface area is 140 Å². The van der Waals surface area contributed by atoms with Crippen LogP contribution in [-0.4, -0.2) is 37.2 Å². The van der Waals surface area contributed by atoms with Crippen molar-refractivity contribution in [2.75, 3.05) is 37.0 Å². The summed E-state index contributed by atoms with van der Waals surface area (Å²) in [5, 5.41) is 0.990. The third-order valence-electron chi connectivity index (χ3n) is 4.42. The summed E-state index contributed by atoms with van der Waals surface area (Å²) in [5.74, 6) is 0.917. The number of hydrogen-bond donors (Lipinski definition) is 0. The number of nitrogens with zero attached hydrogens (tertiary/aromatic N) is 4. The molecule has 0 spiro atoms. The molecule has 4 nitrogen and oxygen atoms in total. The first-order valence-electron chi connectivity index (χ1n) is 8.12. The van der Waals surface area contributed by atoms with Gasteiger partial charge in [-0.15, -0.1) is 0 Å². The fraction of sp³-hybridized carbons (Fsp3) is 0.263. The first-order chi connectivity index (χ1) is 11.6. The maximum atomic E-state index is 14.1. The monoisotopic (exact) mass is 322 g/mol. The highest BCUT2D eigenvalue weighted by atomic mass is 19.1. The summed E-state index contributed by atoms with van der Waals surface area (Å²) in [6.07, 6.45) is 1.24. The predicted octanol–water partition coefficient (Wildman–Crippen LogP) is 3.71. The molecule has 5 heteroatoms. The second-order valence-corrected chi connectivity index (χ2v) is 6.29. The van der Waals surface area contributed by atoms with Crippen LogP contribution in [0.3, 0.4) is 0 Å². The Morgan fingerprint density at radius 2 is 1.83 bits per heavy atom. The van der Waals surface area contributed by atoms with Crippen LogP contribution >= 0.6 is 0 Å². The fourth-order valence-corrected chi connectivity index (χ4v) is 2.98. The smallest absolute Gasteiger partial charge is 0.165 e. The lowest BCUT2D eigenvalue weighted by atomic mass is 10.1. The van der Waals surface area contributed by atoms with Gasteiger partial charge in [0.1, 0.15) is 11.6 Å². The Bertz CT molecular complexity index is 903. The molecular weight excluding hydrogens is 303 g/mol. The van der Waals surface area contributed by atoms with E-state index in [2.05, 4.69) is 27.0 Å². The molecule has 122 valence electrons. The second kappa shape index (κ2) is 5.74. The minimum atomic E-state index is -0.307. The number of aromatic nitrogens is 2. The van der Waals surface area contributed by atoms with Crippen LogP contribution in [0.15, 0.2) is 42.5 Å². The summed E-state index contributed by atoms with van der Waals surface area (Å²) in [5.41, 5.74) is 2.45. The summed E-state index contributed by atoms with van der Waals surface area (Å²) in [6.45, 7) is 2.19. The van der Waals surface area contributed by atoms with E-state index in [1.54, 1.807) is 18.2 Å². The molecule has 4 rings (SSSR count). The molecule has 1 aromatic heterocycles. The number of hydrogen-bond acceptors (Lipinski definition) is 4. The van der Waals surface area contributed by atoms with Crippen molar-refractivity contribution >= 4 is 22.4 Å². The van der Waals surface area contributed by atoms with Crippen molar-refractivity contribution in [2.45, 2.75) is 6.42 Å². The highest BCUT2D eigenvalue weighted by Gasteiger charge is 2.18. The van der Waals surface area contributed by atoms with Gasteiger partial charge < -0.3 is 9.80 Å². The first kappa shape index (κ1) is 14.9. The van der Waals surface area contributed by atoms with E-state index in [9.17, 15) is 4.39 Å². The van der Waals surface area contributed by atoms with E-state index in [-0.39, 0.29) is 5.82 Å². The van der Waals surface area contributed by atoms with Gasteiger partial charge in [-0.3, -0.25) is 0 Å². The van der Waals surface area contributed by atoms with Gasteiger partial charge in [0.25, 0.3) is 0 Å². The van der Waals surface area contributed by atoms with Crippen molar-refractivity contribution in [1.29, 1.82) is 0 Å². The molecular formula is C19H19FN4. The Morgan fingerprint density at radius 1 is 1.04 bits per heavy atom. The molecule has 0 aliphatic carbocycles. The van der Waals surface area contributed by atoms with Crippen molar-refractivity contribution < 1.29 is 4.39 Å². The van der Waals surface area contributed by atoms with Crippen LogP contribution in [0.5, 0.6) is 0 Å². The van der Waals surface area contributed by atoms with Gasteiger partial charge in [0.15, 0.2) is 5.82 Å². The van der Waals surface area contributed by atoms with Crippen LogP contribution in [0.2, 0.25) is 0 Å². The zero-order valence-electron chi connectivity index (χ0n) is 13.8. The van der Waals surface area contributed by atoms with Crippen LogP contribution in [0.4, 0.5) is 15.9 Å². The summed E-state index contributed by atoms with van der Waals surface area (Å²) in [4.78, 5) is 13.5. The molecule has 0 atom stereocenters. The highest BCUT2D eigenvalue weighted by molar-refractivity contribution is 5.93. The maximum absolute atomic E-state index is 14.1. The predicted molar refractivity (Wildman–Crippen MR) is 96.1 cm³/mol. The van der Waals surface area contributed by atoms with Gasteiger partial charge in [-0.2, -0.15) is 0 Å². The molecule has 2 heterocycles. The molecule has 24 heavy (non-hydrogen) atoms. The zero-order chi connectivity index (χ0) is 16.7. The minimum Gasteiger partial charge on any atom is -0.371 e. The molecule has 0 saturated carbocycles. The number of rotatable bonds is 3. The lowest BCUT2D eigenvalue weighted by molar-refractivity contribution is 0.618. The molecule has 1 aliphatic heterocycles. The topological polar surface area (TPSA) is 32.3 Å². The third kappa shape index (κ3) is 2.46. The molecule has 1 fully saturated rings. The highest BCUT2D eigenvalue weighted by Crippen LogP contribution is 2.31. The van der Waals surface area contributed by atoms with Gasteiger partial charge in [0, 0.05) is 38.3 Å². The fourth-order valence-electron chi connectivity index (χ4n) is 2.98. The third-order valence-corrected chi connectivity index (χ3v) is 4.42. The number of fused-ring (bicyclic) bond motifs is 1. The van der Waals surface area contributed by atoms with Crippen LogP contribution in [0.25, 0.3) is 22.3 Å². The Kier molecular flexibility index (Phi) is 3.56. The van der Waals surface area contributed by atoms with Gasteiger partial charge in [-0.1, -0.05) is 12.1 Å². The quantitative estimate of drug-likeness (QED) is 0.736. The summed E-state index contributed by atoms with van der Waals surface area (Å²) >= 11 is 0. The van der Waals surface area contributed by atoms with Gasteiger partial charge in [0.05, 0.1) is 11.1 Å². The van der Waals surface area contributed by atoms with E-state index in [1.807, 2.05) is 25.1 Å². The number of halogens is 1. The van der Waals surface area contributed by atoms with Crippen LogP contribution < -0.4 is 9.80 Å². The van der Waals surface area contributed by atoms with Gasteiger partial charge >= 0.3 is 0 Å². The average molecular weight is 322 g/mol. The van der Waals surface area contributed by atoms with Crippen LogP contribution in [0.1, 0.15) is 6.42 Å². The normalized spacial score (nSPS) is 13.9. The Balaban J connectivity index is 1.91. The Hall–Kier alpha value is -2.69. The molecule has 0 amide bonds. The summed E-state index contributed by atoms with van der Waals surface area (Å²) in [7, 11) is 3.90. The first-order valence-corrected chi connectivity index (χ1v) is 8.12. The van der Waals surface area contributed by atoms with Crippen LogP contribution in [0, 0.1) is 5.82 Å². The van der Waals surface area contributed by atoms with Crippen LogP contribution in [-0.2, 0) is 0 Å². The largest absolute Gasteiger partial charge is 0.371 e. The van der Waals surface area contributed by atoms with E-state index < -0.39 is 0 Å².